The van der Waals surface area contributed by atoms with E-state index in [-0.39, 0.29) is 0 Å². The summed E-state index contributed by atoms with van der Waals surface area (Å²) in [6.45, 7) is 0. The molecule has 0 aliphatic heterocycles. The van der Waals surface area contributed by atoms with Crippen molar-refractivity contribution in [1.82, 2.24) is 0 Å². The fourth-order valence-electron chi connectivity index (χ4n) is 2.92. The second kappa shape index (κ2) is 5.39. The molecule has 0 heterocycles. The lowest BCUT2D eigenvalue weighted by atomic mass is 9.83. The molecule has 0 nitrogen and oxygen atoms in total. The Morgan fingerprint density at radius 3 is 2.33 bits per heavy atom. The van der Waals surface area contributed by atoms with Crippen LogP contribution in [-0.2, 0) is 0 Å². The molecule has 0 saturated heterocycles. The average Bonchev–Trinajstić information content (AvgIpc) is 2.49. The normalized spacial score (nSPS) is 16.7. The van der Waals surface area contributed by atoms with Gasteiger partial charge >= 0.3 is 0 Å². The Bertz CT molecular complexity index is 492. The number of hydrogen-bond acceptors (Lipinski definition) is 0. The van der Waals surface area contributed by atoms with Gasteiger partial charge in [-0.25, -0.2) is 0 Å². The molecular weight excluding hydrogens is 216 g/mol. The molecule has 0 heteroatoms. The molecule has 0 amide bonds. The Morgan fingerprint density at radius 1 is 0.778 bits per heavy atom. The van der Waals surface area contributed by atoms with Gasteiger partial charge in [-0.3, -0.25) is 0 Å². The molecule has 1 saturated carbocycles. The molecule has 3 rings (SSSR count). The third-order valence-corrected chi connectivity index (χ3v) is 3.95. The van der Waals surface area contributed by atoms with Crippen molar-refractivity contribution < 1.29 is 0 Å². The quantitative estimate of drug-likeness (QED) is 0.671. The van der Waals surface area contributed by atoms with E-state index in [4.69, 9.17) is 0 Å². The zero-order chi connectivity index (χ0) is 12.2. The van der Waals surface area contributed by atoms with Gasteiger partial charge in [0.05, 0.1) is 0 Å². The maximum Gasteiger partial charge on any atom is -0.00614 e. The summed E-state index contributed by atoms with van der Waals surface area (Å²) in [7, 11) is 0. The van der Waals surface area contributed by atoms with Gasteiger partial charge in [0.15, 0.2) is 0 Å². The molecule has 1 radical (unpaired) electrons. The average molecular weight is 235 g/mol. The maximum absolute atomic E-state index is 3.63. The van der Waals surface area contributed by atoms with Crippen LogP contribution in [0.25, 0.3) is 11.1 Å². The van der Waals surface area contributed by atoms with Gasteiger partial charge < -0.3 is 0 Å². The van der Waals surface area contributed by atoms with Crippen LogP contribution in [-0.4, -0.2) is 0 Å². The Labute approximate surface area is 110 Å². The Morgan fingerprint density at radius 2 is 1.56 bits per heavy atom. The van der Waals surface area contributed by atoms with E-state index in [0.29, 0.717) is 0 Å². The molecule has 91 valence electrons. The maximum atomic E-state index is 3.63. The van der Waals surface area contributed by atoms with Crippen molar-refractivity contribution >= 4 is 0 Å². The molecule has 2 aromatic rings. The molecule has 0 bridgehead atoms. The lowest BCUT2D eigenvalue weighted by molar-refractivity contribution is 0.443. The highest BCUT2D eigenvalue weighted by Gasteiger charge is 2.15. The fraction of sp³-hybridized carbons (Fsp3) is 0.333. The van der Waals surface area contributed by atoms with E-state index in [1.165, 1.54) is 48.8 Å². The van der Waals surface area contributed by atoms with Gasteiger partial charge in [-0.15, -0.1) is 0 Å². The van der Waals surface area contributed by atoms with Crippen LogP contribution in [0.2, 0.25) is 0 Å². The van der Waals surface area contributed by atoms with Crippen LogP contribution in [0.5, 0.6) is 0 Å². The van der Waals surface area contributed by atoms with E-state index in [1.54, 1.807) is 0 Å². The monoisotopic (exact) mass is 235 g/mol. The van der Waals surface area contributed by atoms with Crippen molar-refractivity contribution in [2.24, 2.45) is 0 Å². The molecule has 1 aliphatic rings. The fourth-order valence-corrected chi connectivity index (χ4v) is 2.92. The second-order valence-corrected chi connectivity index (χ2v) is 5.22. The van der Waals surface area contributed by atoms with Crippen LogP contribution < -0.4 is 0 Å². The van der Waals surface area contributed by atoms with Crippen LogP contribution in [0.1, 0.15) is 43.6 Å². The lowest BCUT2D eigenvalue weighted by Crippen LogP contribution is -2.04. The first-order valence-electron chi connectivity index (χ1n) is 7.01. The molecule has 0 spiro atoms. The topological polar surface area (TPSA) is 0 Å². The zero-order valence-electron chi connectivity index (χ0n) is 10.7. The third-order valence-electron chi connectivity index (χ3n) is 3.95. The highest BCUT2D eigenvalue weighted by atomic mass is 14.2. The largest absolute Gasteiger partial charge is 0.0622 e. The number of hydrogen-bond donors (Lipinski definition) is 0. The van der Waals surface area contributed by atoms with Crippen molar-refractivity contribution in [2.45, 2.75) is 38.0 Å². The van der Waals surface area contributed by atoms with Gasteiger partial charge in [0.2, 0.25) is 0 Å². The smallest absolute Gasteiger partial charge is 0.00614 e. The van der Waals surface area contributed by atoms with Crippen LogP contribution in [0.4, 0.5) is 0 Å². The van der Waals surface area contributed by atoms with Crippen LogP contribution in [0, 0.1) is 6.07 Å². The van der Waals surface area contributed by atoms with Gasteiger partial charge in [-0.2, -0.15) is 0 Å². The van der Waals surface area contributed by atoms with Crippen LogP contribution in [0.15, 0.2) is 48.5 Å². The highest BCUT2D eigenvalue weighted by molar-refractivity contribution is 5.63. The standard InChI is InChI=1S/C18H19/c1-3-8-15(9-4-1)17-12-7-13-18(14-17)16-10-5-2-6-11-16/h1,3-4,7-9,12-13,16H,2,5-6,10-11H2. The van der Waals surface area contributed by atoms with Crippen molar-refractivity contribution in [2.75, 3.05) is 0 Å². The summed E-state index contributed by atoms with van der Waals surface area (Å²) in [5.41, 5.74) is 3.92. The van der Waals surface area contributed by atoms with Gasteiger partial charge in [0.1, 0.15) is 0 Å². The van der Waals surface area contributed by atoms with Crippen molar-refractivity contribution in [1.29, 1.82) is 0 Å². The number of rotatable bonds is 2. The van der Waals surface area contributed by atoms with E-state index in [0.717, 1.165) is 5.92 Å². The Balaban J connectivity index is 1.89. The minimum Gasteiger partial charge on any atom is -0.0622 e. The van der Waals surface area contributed by atoms with E-state index in [2.05, 4.69) is 54.6 Å². The summed E-state index contributed by atoms with van der Waals surface area (Å²) in [4.78, 5) is 0. The minimum atomic E-state index is 0.738. The summed E-state index contributed by atoms with van der Waals surface area (Å²) >= 11 is 0. The summed E-state index contributed by atoms with van der Waals surface area (Å²) in [5, 5.41) is 0. The molecule has 1 fully saturated rings. The van der Waals surface area contributed by atoms with Crippen LogP contribution >= 0.6 is 0 Å². The highest BCUT2D eigenvalue weighted by Crippen LogP contribution is 2.33. The van der Waals surface area contributed by atoms with Crippen molar-refractivity contribution in [3.8, 4) is 11.1 Å². The number of benzene rings is 2. The van der Waals surface area contributed by atoms with Gasteiger partial charge in [0, 0.05) is 0 Å². The van der Waals surface area contributed by atoms with Gasteiger partial charge in [-0.05, 0) is 41.5 Å². The molecule has 18 heavy (non-hydrogen) atoms. The Hall–Kier alpha value is -1.56. The lowest BCUT2D eigenvalue weighted by Gasteiger charge is -2.22. The molecule has 0 atom stereocenters. The molecule has 2 aromatic carbocycles. The second-order valence-electron chi connectivity index (χ2n) is 5.22. The van der Waals surface area contributed by atoms with E-state index < -0.39 is 0 Å². The first-order chi connectivity index (χ1) is 8.93. The zero-order valence-corrected chi connectivity index (χ0v) is 10.7. The van der Waals surface area contributed by atoms with E-state index in [1.807, 2.05) is 0 Å². The summed E-state index contributed by atoms with van der Waals surface area (Å²) in [5.74, 6) is 0.738. The first-order valence-corrected chi connectivity index (χ1v) is 7.01. The molecule has 1 aliphatic carbocycles. The minimum absolute atomic E-state index is 0.738. The first kappa shape index (κ1) is 11.5. The van der Waals surface area contributed by atoms with Crippen molar-refractivity contribution in [3.05, 3.63) is 60.2 Å². The Kier molecular flexibility index (Phi) is 3.45. The predicted molar refractivity (Wildman–Crippen MR) is 76.5 cm³/mol. The van der Waals surface area contributed by atoms with Gasteiger partial charge in [0.25, 0.3) is 0 Å². The molecular formula is C18H19. The molecule has 0 N–H and O–H groups in total. The predicted octanol–water partition coefficient (Wildman–Crippen LogP) is 5.20. The molecule has 0 unspecified atom stereocenters. The summed E-state index contributed by atoms with van der Waals surface area (Å²) in [6, 6.07) is 20.8. The SMILES string of the molecule is [c]1c(-c2ccccc2)cccc1C1CCCCC1. The van der Waals surface area contributed by atoms with E-state index in [9.17, 15) is 0 Å². The summed E-state index contributed by atoms with van der Waals surface area (Å²) < 4.78 is 0. The van der Waals surface area contributed by atoms with E-state index >= 15 is 0 Å². The van der Waals surface area contributed by atoms with Crippen LogP contribution in [0.3, 0.4) is 0 Å². The third kappa shape index (κ3) is 2.48. The van der Waals surface area contributed by atoms with Gasteiger partial charge in [-0.1, -0.05) is 67.8 Å². The summed E-state index contributed by atoms with van der Waals surface area (Å²) in [6.07, 6.45) is 6.86. The van der Waals surface area contributed by atoms with Crippen molar-refractivity contribution in [3.63, 3.8) is 0 Å². The molecule has 0 aromatic heterocycles.